The summed E-state index contributed by atoms with van der Waals surface area (Å²) in [5.41, 5.74) is 2.27. The predicted octanol–water partition coefficient (Wildman–Crippen LogP) is 3.65. The van der Waals surface area contributed by atoms with Gasteiger partial charge in [-0.05, 0) is 11.1 Å². The summed E-state index contributed by atoms with van der Waals surface area (Å²) in [5, 5.41) is 3.36. The van der Waals surface area contributed by atoms with Crippen LogP contribution in [0.1, 0.15) is 17.2 Å². The molecule has 0 spiro atoms. The molecule has 1 N–H and O–H groups in total. The molecule has 0 aliphatic rings. The predicted molar refractivity (Wildman–Crippen MR) is 79.6 cm³/mol. The molecule has 2 aromatic rings. The van der Waals surface area contributed by atoms with Crippen molar-refractivity contribution in [3.63, 3.8) is 0 Å². The Kier molecular flexibility index (Phi) is 6.31. The summed E-state index contributed by atoms with van der Waals surface area (Å²) in [4.78, 5) is 0. The number of hydrogen-bond acceptors (Lipinski definition) is 2. The molecule has 2 rings (SSSR count). The molecule has 0 fully saturated rings. The normalized spacial score (nSPS) is 11.2. The van der Waals surface area contributed by atoms with E-state index in [-0.39, 0.29) is 12.6 Å². The summed E-state index contributed by atoms with van der Waals surface area (Å²) in [7, 11) is 0. The van der Waals surface area contributed by atoms with Gasteiger partial charge in [0.1, 0.15) is 6.61 Å². The van der Waals surface area contributed by atoms with Crippen LogP contribution in [0.25, 0.3) is 0 Å². The van der Waals surface area contributed by atoms with E-state index in [0.29, 0.717) is 6.54 Å². The van der Waals surface area contributed by atoms with Crippen molar-refractivity contribution in [1.82, 2.24) is 5.32 Å². The third-order valence-electron chi connectivity index (χ3n) is 3.10. The van der Waals surface area contributed by atoms with Crippen LogP contribution in [0.3, 0.4) is 0 Å². The van der Waals surface area contributed by atoms with E-state index in [1.165, 1.54) is 0 Å². The van der Waals surface area contributed by atoms with Gasteiger partial charge in [0, 0.05) is 6.54 Å². The van der Waals surface area contributed by atoms with Gasteiger partial charge in [-0.15, -0.1) is 0 Å². The minimum Gasteiger partial charge on any atom is -0.374 e. The third-order valence-corrected chi connectivity index (χ3v) is 3.10. The lowest BCUT2D eigenvalue weighted by molar-refractivity contribution is 0.0184. The second kappa shape index (κ2) is 8.49. The average Bonchev–Trinajstić information content (AvgIpc) is 2.52. The Hall–Kier alpha value is -1.78. The van der Waals surface area contributed by atoms with E-state index in [1.54, 1.807) is 0 Å². The molecule has 0 saturated heterocycles. The monoisotopic (exact) mass is 291 g/mol. The van der Waals surface area contributed by atoms with Gasteiger partial charge in [0.15, 0.2) is 0 Å². The number of alkyl halides is 2. The molecule has 0 aliphatic carbocycles. The van der Waals surface area contributed by atoms with Gasteiger partial charge in [0.25, 0.3) is 6.43 Å². The Morgan fingerprint density at radius 2 is 1.38 bits per heavy atom. The minimum atomic E-state index is -2.41. The first-order valence-corrected chi connectivity index (χ1v) is 6.96. The van der Waals surface area contributed by atoms with Gasteiger partial charge < -0.3 is 10.1 Å². The minimum absolute atomic E-state index is 0.0301. The molecule has 2 nitrogen and oxygen atoms in total. The Morgan fingerprint density at radius 1 is 0.857 bits per heavy atom. The topological polar surface area (TPSA) is 21.3 Å². The average molecular weight is 291 g/mol. The van der Waals surface area contributed by atoms with Crippen molar-refractivity contribution in [1.29, 1.82) is 0 Å². The van der Waals surface area contributed by atoms with Crippen molar-refractivity contribution >= 4 is 0 Å². The van der Waals surface area contributed by atoms with Crippen LogP contribution in [0, 0.1) is 0 Å². The van der Waals surface area contributed by atoms with Crippen molar-refractivity contribution in [2.24, 2.45) is 0 Å². The summed E-state index contributed by atoms with van der Waals surface area (Å²) in [6.07, 6.45) is -2.41. The highest BCUT2D eigenvalue weighted by atomic mass is 19.3. The molecule has 112 valence electrons. The van der Waals surface area contributed by atoms with E-state index in [1.807, 2.05) is 60.7 Å². The first kappa shape index (κ1) is 15.6. The van der Waals surface area contributed by atoms with Gasteiger partial charge in [-0.1, -0.05) is 60.7 Å². The second-order valence-corrected chi connectivity index (χ2v) is 4.67. The van der Waals surface area contributed by atoms with Crippen molar-refractivity contribution in [2.75, 3.05) is 19.8 Å². The van der Waals surface area contributed by atoms with Crippen LogP contribution >= 0.6 is 0 Å². The molecule has 0 radical (unpaired) electrons. The molecular formula is C17H19F2NO. The summed E-state index contributed by atoms with van der Waals surface area (Å²) in [6, 6.07) is 20.1. The molecular weight excluding hydrogens is 272 g/mol. The Bertz CT molecular complexity index is 465. The van der Waals surface area contributed by atoms with Crippen LogP contribution in [-0.4, -0.2) is 26.2 Å². The maximum absolute atomic E-state index is 12.0. The highest BCUT2D eigenvalue weighted by Crippen LogP contribution is 2.21. The number of rotatable bonds is 8. The van der Waals surface area contributed by atoms with E-state index in [9.17, 15) is 8.78 Å². The highest BCUT2D eigenvalue weighted by Gasteiger charge is 2.12. The lowest BCUT2D eigenvalue weighted by Gasteiger charge is -2.20. The zero-order valence-electron chi connectivity index (χ0n) is 11.7. The van der Waals surface area contributed by atoms with E-state index < -0.39 is 13.0 Å². The summed E-state index contributed by atoms with van der Waals surface area (Å²) < 4.78 is 28.9. The van der Waals surface area contributed by atoms with Crippen molar-refractivity contribution in [3.05, 3.63) is 71.8 Å². The first-order chi connectivity index (χ1) is 10.3. The Morgan fingerprint density at radius 3 is 1.86 bits per heavy atom. The molecule has 0 atom stereocenters. The van der Waals surface area contributed by atoms with Crippen molar-refractivity contribution in [3.8, 4) is 0 Å². The lowest BCUT2D eigenvalue weighted by atomic mass is 9.99. The number of halogens is 2. The fourth-order valence-corrected chi connectivity index (χ4v) is 2.17. The van der Waals surface area contributed by atoms with E-state index in [2.05, 4.69) is 5.32 Å². The lowest BCUT2D eigenvalue weighted by Crippen LogP contribution is -2.26. The van der Waals surface area contributed by atoms with Crippen LogP contribution in [0.2, 0.25) is 0 Å². The zero-order chi connectivity index (χ0) is 14.9. The van der Waals surface area contributed by atoms with E-state index in [4.69, 9.17) is 4.74 Å². The van der Waals surface area contributed by atoms with E-state index in [0.717, 1.165) is 11.1 Å². The van der Waals surface area contributed by atoms with Crippen LogP contribution < -0.4 is 5.32 Å². The second-order valence-electron chi connectivity index (χ2n) is 4.67. The highest BCUT2D eigenvalue weighted by molar-refractivity contribution is 5.31. The van der Waals surface area contributed by atoms with Crippen molar-refractivity contribution < 1.29 is 13.5 Å². The van der Waals surface area contributed by atoms with Crippen LogP contribution in [0.5, 0.6) is 0 Å². The number of nitrogens with one attached hydrogen (secondary N) is 1. The molecule has 0 heterocycles. The fraction of sp³-hybridized carbons (Fsp3) is 0.294. The molecule has 0 aliphatic heterocycles. The molecule has 0 amide bonds. The maximum Gasteiger partial charge on any atom is 0.261 e. The first-order valence-electron chi connectivity index (χ1n) is 6.96. The Labute approximate surface area is 123 Å². The quantitative estimate of drug-likeness (QED) is 0.750. The summed E-state index contributed by atoms with van der Waals surface area (Å²) in [6.45, 7) is 0.269. The standard InChI is InChI=1S/C17H19F2NO/c18-16(19)13-21-12-11-20-17(14-7-3-1-4-8-14)15-9-5-2-6-10-15/h1-10,16-17,20H,11-13H2. The number of benzene rings is 2. The largest absolute Gasteiger partial charge is 0.374 e. The van der Waals surface area contributed by atoms with Crippen LogP contribution in [-0.2, 0) is 4.74 Å². The molecule has 0 unspecified atom stereocenters. The number of hydrogen-bond donors (Lipinski definition) is 1. The molecule has 0 saturated carbocycles. The SMILES string of the molecule is FC(F)COCCNC(c1ccccc1)c1ccccc1. The molecule has 4 heteroatoms. The molecule has 0 bridgehead atoms. The zero-order valence-corrected chi connectivity index (χ0v) is 11.7. The molecule has 0 aromatic heterocycles. The summed E-state index contributed by atoms with van der Waals surface area (Å²) in [5.74, 6) is 0. The maximum atomic E-state index is 12.0. The van der Waals surface area contributed by atoms with Gasteiger partial charge in [-0.2, -0.15) is 0 Å². The number of ether oxygens (including phenoxy) is 1. The van der Waals surface area contributed by atoms with Gasteiger partial charge in [0.05, 0.1) is 12.6 Å². The Balaban J connectivity index is 1.97. The van der Waals surface area contributed by atoms with Gasteiger partial charge in [-0.25, -0.2) is 8.78 Å². The third kappa shape index (κ3) is 5.25. The van der Waals surface area contributed by atoms with Gasteiger partial charge in [-0.3, -0.25) is 0 Å². The smallest absolute Gasteiger partial charge is 0.261 e. The van der Waals surface area contributed by atoms with Gasteiger partial charge in [0.2, 0.25) is 0 Å². The molecule has 21 heavy (non-hydrogen) atoms. The fourth-order valence-electron chi connectivity index (χ4n) is 2.17. The van der Waals surface area contributed by atoms with Crippen LogP contribution in [0.15, 0.2) is 60.7 Å². The van der Waals surface area contributed by atoms with E-state index >= 15 is 0 Å². The molecule has 2 aromatic carbocycles. The summed E-state index contributed by atoms with van der Waals surface area (Å²) >= 11 is 0. The van der Waals surface area contributed by atoms with Gasteiger partial charge >= 0.3 is 0 Å². The van der Waals surface area contributed by atoms with Crippen LogP contribution in [0.4, 0.5) is 8.78 Å². The van der Waals surface area contributed by atoms with Crippen molar-refractivity contribution in [2.45, 2.75) is 12.5 Å².